The first-order valence-corrected chi connectivity index (χ1v) is 10.9. The van der Waals surface area contributed by atoms with E-state index in [9.17, 15) is 4.79 Å². The molecule has 7 nitrogen and oxygen atoms in total. The summed E-state index contributed by atoms with van der Waals surface area (Å²) in [4.78, 5) is 22.5. The normalized spacial score (nSPS) is 14.6. The number of carbonyl (C=O) groups is 1. The van der Waals surface area contributed by atoms with Crippen molar-refractivity contribution in [1.82, 2.24) is 19.2 Å². The van der Waals surface area contributed by atoms with Gasteiger partial charge in [-0.1, -0.05) is 18.2 Å². The van der Waals surface area contributed by atoms with Crippen LogP contribution in [0.15, 0.2) is 47.1 Å². The highest BCUT2D eigenvalue weighted by molar-refractivity contribution is 9.10. The first-order valence-electron chi connectivity index (χ1n) is 9.33. The standard InChI is InChI=1S/C20H20BrN5O2S/c1-13(27)26-9-7-14(8-10-26)18-23-20(29-25-18)24-19-17(11-15(21)12-22-19)28-16-5-3-2-4-6-16/h2-6,11-12,14H,7-10H2,1H3,(H,22,23,24,25). The number of hydrogen-bond donors (Lipinski definition) is 1. The van der Waals surface area contributed by atoms with Crippen molar-refractivity contribution >= 4 is 44.3 Å². The Labute approximate surface area is 181 Å². The third kappa shape index (κ3) is 4.91. The summed E-state index contributed by atoms with van der Waals surface area (Å²) in [7, 11) is 0. The Morgan fingerprint density at radius 2 is 2.03 bits per heavy atom. The molecule has 0 atom stereocenters. The Morgan fingerprint density at radius 3 is 2.76 bits per heavy atom. The van der Waals surface area contributed by atoms with Crippen LogP contribution in [0.25, 0.3) is 0 Å². The van der Waals surface area contributed by atoms with E-state index in [1.165, 1.54) is 11.5 Å². The third-order valence-corrected chi connectivity index (χ3v) is 5.84. The van der Waals surface area contributed by atoms with E-state index in [0.29, 0.717) is 16.7 Å². The first kappa shape index (κ1) is 19.8. The molecular weight excluding hydrogens is 454 g/mol. The topological polar surface area (TPSA) is 80.2 Å². The molecule has 1 fully saturated rings. The highest BCUT2D eigenvalue weighted by Gasteiger charge is 2.25. The molecule has 1 saturated heterocycles. The number of likely N-dealkylation sites (tertiary alicyclic amines) is 1. The lowest BCUT2D eigenvalue weighted by Crippen LogP contribution is -2.36. The Hall–Kier alpha value is -2.52. The van der Waals surface area contributed by atoms with E-state index in [2.05, 4.69) is 35.6 Å². The summed E-state index contributed by atoms with van der Waals surface area (Å²) in [6, 6.07) is 11.4. The van der Waals surface area contributed by atoms with Crippen molar-refractivity contribution in [3.63, 3.8) is 0 Å². The Balaban J connectivity index is 1.47. The number of amides is 1. The second-order valence-corrected chi connectivity index (χ2v) is 8.45. The molecule has 3 heterocycles. The van der Waals surface area contributed by atoms with Crippen LogP contribution in [0, 0.1) is 0 Å². The van der Waals surface area contributed by atoms with Gasteiger partial charge in [0.25, 0.3) is 0 Å². The predicted octanol–water partition coefficient (Wildman–Crippen LogP) is 4.96. The zero-order valence-corrected chi connectivity index (χ0v) is 18.2. The Morgan fingerprint density at radius 1 is 1.28 bits per heavy atom. The molecule has 0 bridgehead atoms. The average molecular weight is 474 g/mol. The molecule has 150 valence electrons. The van der Waals surface area contributed by atoms with E-state index in [-0.39, 0.29) is 11.8 Å². The van der Waals surface area contributed by atoms with Gasteiger partial charge in [-0.3, -0.25) is 4.79 Å². The fourth-order valence-electron chi connectivity index (χ4n) is 3.21. The first-order chi connectivity index (χ1) is 14.1. The van der Waals surface area contributed by atoms with Gasteiger partial charge in [-0.15, -0.1) is 0 Å². The van der Waals surface area contributed by atoms with Crippen LogP contribution in [0.2, 0.25) is 0 Å². The van der Waals surface area contributed by atoms with Crippen LogP contribution >= 0.6 is 27.5 Å². The van der Waals surface area contributed by atoms with Crippen molar-refractivity contribution in [3.8, 4) is 11.5 Å². The molecule has 0 saturated carbocycles. The molecule has 1 amide bonds. The number of hydrogen-bond acceptors (Lipinski definition) is 7. The smallest absolute Gasteiger partial charge is 0.219 e. The maximum atomic E-state index is 11.5. The van der Waals surface area contributed by atoms with Gasteiger partial charge >= 0.3 is 0 Å². The molecular formula is C20H20BrN5O2S. The summed E-state index contributed by atoms with van der Waals surface area (Å²) >= 11 is 4.75. The molecule has 29 heavy (non-hydrogen) atoms. The van der Waals surface area contributed by atoms with Crippen LogP contribution < -0.4 is 10.1 Å². The van der Waals surface area contributed by atoms with Crippen LogP contribution in [-0.2, 0) is 4.79 Å². The maximum absolute atomic E-state index is 11.5. The zero-order valence-electron chi connectivity index (χ0n) is 15.8. The number of carbonyl (C=O) groups excluding carboxylic acids is 1. The SMILES string of the molecule is CC(=O)N1CCC(c2nsc(Nc3ncc(Br)cc3Oc3ccccc3)n2)CC1. The van der Waals surface area contributed by atoms with Gasteiger partial charge in [0.2, 0.25) is 11.0 Å². The van der Waals surface area contributed by atoms with Crippen molar-refractivity contribution in [2.45, 2.75) is 25.7 Å². The van der Waals surface area contributed by atoms with Crippen LogP contribution in [-0.4, -0.2) is 38.2 Å². The zero-order chi connectivity index (χ0) is 20.2. The summed E-state index contributed by atoms with van der Waals surface area (Å²) < 4.78 is 11.3. The van der Waals surface area contributed by atoms with Gasteiger partial charge in [-0.25, -0.2) is 9.97 Å². The van der Waals surface area contributed by atoms with Gasteiger partial charge < -0.3 is 15.0 Å². The van der Waals surface area contributed by atoms with Crippen molar-refractivity contribution in [1.29, 1.82) is 0 Å². The van der Waals surface area contributed by atoms with Crippen molar-refractivity contribution in [3.05, 3.63) is 52.9 Å². The molecule has 1 aliphatic rings. The quantitative estimate of drug-likeness (QED) is 0.563. The minimum atomic E-state index is 0.129. The van der Waals surface area contributed by atoms with Crippen molar-refractivity contribution in [2.24, 2.45) is 0 Å². The Bertz CT molecular complexity index is 990. The highest BCUT2D eigenvalue weighted by Crippen LogP contribution is 2.34. The second kappa shape index (κ2) is 8.87. The van der Waals surface area contributed by atoms with Gasteiger partial charge in [0.15, 0.2) is 11.6 Å². The summed E-state index contributed by atoms with van der Waals surface area (Å²) in [6.45, 7) is 3.13. The van der Waals surface area contributed by atoms with Crippen LogP contribution in [0.3, 0.4) is 0 Å². The lowest BCUT2D eigenvalue weighted by molar-refractivity contribution is -0.129. The van der Waals surface area contributed by atoms with Gasteiger partial charge in [0.05, 0.1) is 0 Å². The minimum absolute atomic E-state index is 0.129. The molecule has 0 radical (unpaired) electrons. The molecule has 1 aliphatic heterocycles. The second-order valence-electron chi connectivity index (χ2n) is 6.78. The summed E-state index contributed by atoms with van der Waals surface area (Å²) in [5.41, 5.74) is 0. The molecule has 0 aliphatic carbocycles. The van der Waals surface area contributed by atoms with Gasteiger partial charge in [-0.05, 0) is 40.9 Å². The van der Waals surface area contributed by atoms with Crippen LogP contribution in [0.1, 0.15) is 31.5 Å². The van der Waals surface area contributed by atoms with E-state index in [0.717, 1.165) is 42.0 Å². The summed E-state index contributed by atoms with van der Waals surface area (Å²) in [5, 5.41) is 3.90. The largest absolute Gasteiger partial charge is 0.453 e. The number of pyridine rings is 1. The number of aromatic nitrogens is 3. The Kier molecular flexibility index (Phi) is 6.05. The molecule has 1 aromatic carbocycles. The molecule has 2 aromatic heterocycles. The van der Waals surface area contributed by atoms with Gasteiger partial charge in [0, 0.05) is 54.2 Å². The molecule has 0 spiro atoms. The fraction of sp³-hybridized carbons (Fsp3) is 0.300. The lowest BCUT2D eigenvalue weighted by atomic mass is 9.96. The summed E-state index contributed by atoms with van der Waals surface area (Å²) in [5.74, 6) is 3.12. The number of para-hydroxylation sites is 1. The highest BCUT2D eigenvalue weighted by atomic mass is 79.9. The van der Waals surface area contributed by atoms with Crippen LogP contribution in [0.5, 0.6) is 11.5 Å². The number of anilines is 2. The monoisotopic (exact) mass is 473 g/mol. The number of nitrogens with one attached hydrogen (secondary N) is 1. The molecule has 0 unspecified atom stereocenters. The number of rotatable bonds is 5. The number of halogens is 1. The van der Waals surface area contributed by atoms with Gasteiger partial charge in [-0.2, -0.15) is 4.37 Å². The maximum Gasteiger partial charge on any atom is 0.219 e. The molecule has 3 aromatic rings. The average Bonchev–Trinajstić information content (AvgIpc) is 3.19. The summed E-state index contributed by atoms with van der Waals surface area (Å²) in [6.07, 6.45) is 3.48. The number of nitrogens with zero attached hydrogens (tertiary/aromatic N) is 4. The van der Waals surface area contributed by atoms with E-state index in [1.54, 1.807) is 13.1 Å². The van der Waals surface area contributed by atoms with E-state index < -0.39 is 0 Å². The predicted molar refractivity (Wildman–Crippen MR) is 116 cm³/mol. The van der Waals surface area contributed by atoms with E-state index in [4.69, 9.17) is 4.74 Å². The number of ether oxygens (including phenoxy) is 1. The third-order valence-electron chi connectivity index (χ3n) is 4.76. The van der Waals surface area contributed by atoms with E-state index in [1.807, 2.05) is 41.3 Å². The lowest BCUT2D eigenvalue weighted by Gasteiger charge is -2.29. The molecule has 9 heteroatoms. The number of piperidine rings is 1. The van der Waals surface area contributed by atoms with Crippen LogP contribution in [0.4, 0.5) is 10.9 Å². The molecule has 4 rings (SSSR count). The molecule has 1 N–H and O–H groups in total. The fourth-order valence-corrected chi connectivity index (χ4v) is 4.17. The van der Waals surface area contributed by atoms with E-state index >= 15 is 0 Å². The van der Waals surface area contributed by atoms with Gasteiger partial charge in [0.1, 0.15) is 11.6 Å². The number of benzene rings is 1. The van der Waals surface area contributed by atoms with Crippen molar-refractivity contribution < 1.29 is 9.53 Å². The minimum Gasteiger partial charge on any atom is -0.453 e. The van der Waals surface area contributed by atoms with Crippen molar-refractivity contribution in [2.75, 3.05) is 18.4 Å².